The Labute approximate surface area is 139 Å². The van der Waals surface area contributed by atoms with Gasteiger partial charge in [-0.3, -0.25) is 19.6 Å². The molecule has 1 N–H and O–H groups in total. The van der Waals surface area contributed by atoms with Crippen LogP contribution in [-0.4, -0.2) is 27.2 Å². The average Bonchev–Trinajstić information content (AvgIpc) is 3.13. The van der Waals surface area contributed by atoms with E-state index in [1.165, 1.54) is 28.4 Å². The Hall–Kier alpha value is -2.45. The number of amides is 1. The first kappa shape index (κ1) is 15.4. The molecule has 23 heavy (non-hydrogen) atoms. The monoisotopic (exact) mass is 350 g/mol. The molecule has 0 saturated heterocycles. The minimum atomic E-state index is -0.515. The molecule has 0 aliphatic heterocycles. The highest BCUT2D eigenvalue weighted by Crippen LogP contribution is 2.34. The third kappa shape index (κ3) is 3.17. The molecule has 0 atom stereocenters. The molecule has 0 aliphatic rings. The number of rotatable bonds is 5. The third-order valence-corrected chi connectivity index (χ3v) is 4.87. The lowest BCUT2D eigenvalue weighted by Crippen LogP contribution is -2.26. The first-order valence-corrected chi connectivity index (χ1v) is 7.88. The molecule has 0 fully saturated rings. The molecule has 3 aromatic rings. The molecule has 118 valence electrons. The van der Waals surface area contributed by atoms with Crippen molar-refractivity contribution in [3.8, 4) is 0 Å². The van der Waals surface area contributed by atoms with E-state index in [2.05, 4.69) is 10.4 Å². The Balaban J connectivity index is 1.64. The first-order chi connectivity index (χ1) is 11.1. The molecule has 3 rings (SSSR count). The van der Waals surface area contributed by atoms with Gasteiger partial charge in [-0.25, -0.2) is 0 Å². The van der Waals surface area contributed by atoms with E-state index >= 15 is 0 Å². The van der Waals surface area contributed by atoms with E-state index in [0.717, 1.165) is 10.1 Å². The van der Waals surface area contributed by atoms with E-state index in [9.17, 15) is 14.9 Å². The van der Waals surface area contributed by atoms with Crippen LogP contribution in [0.25, 0.3) is 10.1 Å². The average molecular weight is 351 g/mol. The van der Waals surface area contributed by atoms with Crippen molar-refractivity contribution in [1.29, 1.82) is 0 Å². The number of nitro groups is 1. The van der Waals surface area contributed by atoms with E-state index < -0.39 is 4.92 Å². The topological polar surface area (TPSA) is 90.1 Å². The normalized spacial score (nSPS) is 10.8. The summed E-state index contributed by atoms with van der Waals surface area (Å²) in [6.07, 6.45) is 2.49. The second-order valence-electron chi connectivity index (χ2n) is 4.72. The fourth-order valence-corrected chi connectivity index (χ4v) is 3.53. The van der Waals surface area contributed by atoms with Crippen molar-refractivity contribution < 1.29 is 9.72 Å². The van der Waals surface area contributed by atoms with Gasteiger partial charge in [0.2, 0.25) is 0 Å². The molecule has 1 amide bonds. The van der Waals surface area contributed by atoms with Crippen molar-refractivity contribution in [2.75, 3.05) is 6.54 Å². The van der Waals surface area contributed by atoms with Crippen LogP contribution in [0.1, 0.15) is 9.67 Å². The van der Waals surface area contributed by atoms with E-state index in [4.69, 9.17) is 11.6 Å². The number of thiophene rings is 1. The molecule has 2 heterocycles. The van der Waals surface area contributed by atoms with Crippen LogP contribution in [0.15, 0.2) is 36.7 Å². The van der Waals surface area contributed by atoms with Crippen molar-refractivity contribution in [3.05, 3.63) is 56.7 Å². The largest absolute Gasteiger partial charge is 0.349 e. The lowest BCUT2D eigenvalue weighted by molar-refractivity contribution is -0.385. The summed E-state index contributed by atoms with van der Waals surface area (Å²) in [5.74, 6) is -0.266. The van der Waals surface area contributed by atoms with E-state index in [1.807, 2.05) is 24.3 Å². The summed E-state index contributed by atoms with van der Waals surface area (Å²) in [5.41, 5.74) is -0.0797. The Morgan fingerprint density at radius 3 is 2.91 bits per heavy atom. The fraction of sp³-hybridized carbons (Fsp3) is 0.143. The maximum atomic E-state index is 12.2. The molecular formula is C14H11ClN4O3S. The molecule has 2 aromatic heterocycles. The Bertz CT molecular complexity index is 889. The number of nitrogens with one attached hydrogen (secondary N) is 1. The number of aromatic nitrogens is 2. The molecule has 1 aromatic carbocycles. The van der Waals surface area contributed by atoms with Crippen molar-refractivity contribution in [2.45, 2.75) is 6.54 Å². The second kappa shape index (κ2) is 6.35. The summed E-state index contributed by atoms with van der Waals surface area (Å²) < 4.78 is 2.36. The number of carbonyl (C=O) groups excluding carboxylic acids is 1. The highest BCUT2D eigenvalue weighted by molar-refractivity contribution is 7.21. The molecule has 0 spiro atoms. The number of benzene rings is 1. The van der Waals surface area contributed by atoms with Crippen molar-refractivity contribution in [2.24, 2.45) is 0 Å². The van der Waals surface area contributed by atoms with Gasteiger partial charge in [0.15, 0.2) is 0 Å². The zero-order valence-electron chi connectivity index (χ0n) is 11.7. The van der Waals surface area contributed by atoms with Crippen LogP contribution in [0.3, 0.4) is 0 Å². The van der Waals surface area contributed by atoms with Gasteiger partial charge in [-0.2, -0.15) is 5.10 Å². The number of hydrogen-bond donors (Lipinski definition) is 1. The summed E-state index contributed by atoms with van der Waals surface area (Å²) in [4.78, 5) is 22.7. The van der Waals surface area contributed by atoms with Gasteiger partial charge in [-0.1, -0.05) is 29.8 Å². The molecule has 7 nitrogen and oxygen atoms in total. The smallest absolute Gasteiger partial charge is 0.306 e. The molecule has 0 bridgehead atoms. The quantitative estimate of drug-likeness (QED) is 0.565. The molecular weight excluding hydrogens is 340 g/mol. The van der Waals surface area contributed by atoms with Gasteiger partial charge < -0.3 is 5.32 Å². The van der Waals surface area contributed by atoms with Gasteiger partial charge in [-0.05, 0) is 6.07 Å². The molecule has 0 aliphatic carbocycles. The SMILES string of the molecule is O=C(NCCn1cc([N+](=O)[O-])cn1)c1sc2ccccc2c1Cl. The second-order valence-corrected chi connectivity index (χ2v) is 6.15. The summed E-state index contributed by atoms with van der Waals surface area (Å²) in [5, 5.41) is 18.5. The zero-order valence-corrected chi connectivity index (χ0v) is 13.3. The molecule has 9 heteroatoms. The predicted molar refractivity (Wildman–Crippen MR) is 88.0 cm³/mol. The number of nitrogens with zero attached hydrogens (tertiary/aromatic N) is 3. The van der Waals surface area contributed by atoms with Crippen molar-refractivity contribution in [3.63, 3.8) is 0 Å². The number of fused-ring (bicyclic) bond motifs is 1. The third-order valence-electron chi connectivity index (χ3n) is 3.20. The molecule has 0 unspecified atom stereocenters. The van der Waals surface area contributed by atoms with Gasteiger partial charge in [0.25, 0.3) is 5.91 Å². The Kier molecular flexibility index (Phi) is 4.26. The number of hydrogen-bond acceptors (Lipinski definition) is 5. The van der Waals surface area contributed by atoms with Crippen LogP contribution in [0, 0.1) is 10.1 Å². The summed E-state index contributed by atoms with van der Waals surface area (Å²) >= 11 is 7.57. The maximum absolute atomic E-state index is 12.2. The Morgan fingerprint density at radius 2 is 2.22 bits per heavy atom. The standard InChI is InChI=1S/C14H11ClN4O3S/c15-12-10-3-1-2-4-11(10)23-13(12)14(20)16-5-6-18-8-9(7-17-18)19(21)22/h1-4,7-8H,5-6H2,(H,16,20). The Morgan fingerprint density at radius 1 is 1.43 bits per heavy atom. The van der Waals surface area contributed by atoms with E-state index in [-0.39, 0.29) is 11.6 Å². The molecule has 0 radical (unpaired) electrons. The van der Waals surface area contributed by atoms with Crippen LogP contribution in [0.4, 0.5) is 5.69 Å². The fourth-order valence-electron chi connectivity index (χ4n) is 2.09. The lowest BCUT2D eigenvalue weighted by atomic mass is 10.2. The van der Waals surface area contributed by atoms with Crippen LogP contribution in [-0.2, 0) is 6.54 Å². The van der Waals surface area contributed by atoms with Gasteiger partial charge in [0.05, 0.1) is 16.5 Å². The van der Waals surface area contributed by atoms with Gasteiger partial charge in [-0.15, -0.1) is 11.3 Å². The minimum absolute atomic E-state index is 0.0797. The predicted octanol–water partition coefficient (Wildman–Crippen LogP) is 3.09. The summed E-state index contributed by atoms with van der Waals surface area (Å²) in [7, 11) is 0. The highest BCUT2D eigenvalue weighted by Gasteiger charge is 2.16. The number of halogens is 1. The van der Waals surface area contributed by atoms with Gasteiger partial charge >= 0.3 is 5.69 Å². The minimum Gasteiger partial charge on any atom is -0.349 e. The van der Waals surface area contributed by atoms with E-state index in [1.54, 1.807) is 0 Å². The molecule has 0 saturated carbocycles. The number of carbonyl (C=O) groups is 1. The first-order valence-electron chi connectivity index (χ1n) is 6.68. The van der Waals surface area contributed by atoms with Crippen LogP contribution in [0.5, 0.6) is 0 Å². The highest BCUT2D eigenvalue weighted by atomic mass is 35.5. The van der Waals surface area contributed by atoms with Crippen LogP contribution < -0.4 is 5.32 Å². The van der Waals surface area contributed by atoms with Crippen LogP contribution in [0.2, 0.25) is 5.02 Å². The van der Waals surface area contributed by atoms with Crippen LogP contribution >= 0.6 is 22.9 Å². The van der Waals surface area contributed by atoms with Gasteiger partial charge in [0, 0.05) is 16.6 Å². The van der Waals surface area contributed by atoms with Crippen molar-refractivity contribution >= 4 is 44.6 Å². The maximum Gasteiger partial charge on any atom is 0.306 e. The summed E-state index contributed by atoms with van der Waals surface area (Å²) in [6.45, 7) is 0.629. The van der Waals surface area contributed by atoms with E-state index in [0.29, 0.717) is 23.0 Å². The van der Waals surface area contributed by atoms with Crippen molar-refractivity contribution in [1.82, 2.24) is 15.1 Å². The summed E-state index contributed by atoms with van der Waals surface area (Å²) in [6, 6.07) is 7.54. The zero-order chi connectivity index (χ0) is 16.4. The van der Waals surface area contributed by atoms with Gasteiger partial charge in [0.1, 0.15) is 17.3 Å². The lowest BCUT2D eigenvalue weighted by Gasteiger charge is -2.04.